The maximum atomic E-state index is 12.2. The third-order valence-electron chi connectivity index (χ3n) is 2.98. The van der Waals surface area contributed by atoms with E-state index >= 15 is 0 Å². The molecule has 1 amide bonds. The standard InChI is InChI=1S/C15H12N4O/c16-14-13(17-8-9-18-14)15(20)19-12-7-3-5-10-4-1-2-6-11(10)12/h1-9H,(H2,16,18)(H,19,20). The van der Waals surface area contributed by atoms with Gasteiger partial charge in [-0.1, -0.05) is 36.4 Å². The Kier molecular flexibility index (Phi) is 3.01. The molecule has 0 bridgehead atoms. The number of aromatic nitrogens is 2. The Balaban J connectivity index is 1.98. The first-order valence-electron chi connectivity index (χ1n) is 6.11. The molecular weight excluding hydrogens is 252 g/mol. The van der Waals surface area contributed by atoms with E-state index in [4.69, 9.17) is 5.73 Å². The van der Waals surface area contributed by atoms with Gasteiger partial charge in [0.25, 0.3) is 5.91 Å². The lowest BCUT2D eigenvalue weighted by molar-refractivity contribution is 0.102. The first kappa shape index (κ1) is 12.1. The third kappa shape index (κ3) is 2.16. The van der Waals surface area contributed by atoms with Crippen LogP contribution in [0.3, 0.4) is 0 Å². The molecule has 0 aliphatic heterocycles. The molecule has 5 heteroatoms. The molecule has 0 saturated heterocycles. The summed E-state index contributed by atoms with van der Waals surface area (Å²) in [6, 6.07) is 13.5. The molecule has 20 heavy (non-hydrogen) atoms. The van der Waals surface area contributed by atoms with Gasteiger partial charge in [0, 0.05) is 23.5 Å². The van der Waals surface area contributed by atoms with Gasteiger partial charge < -0.3 is 11.1 Å². The van der Waals surface area contributed by atoms with Gasteiger partial charge in [-0.2, -0.15) is 0 Å². The number of fused-ring (bicyclic) bond motifs is 1. The zero-order valence-corrected chi connectivity index (χ0v) is 10.6. The summed E-state index contributed by atoms with van der Waals surface area (Å²) < 4.78 is 0. The molecule has 98 valence electrons. The lowest BCUT2D eigenvalue weighted by atomic mass is 10.1. The molecule has 0 aliphatic rings. The van der Waals surface area contributed by atoms with Crippen molar-refractivity contribution in [2.75, 3.05) is 11.1 Å². The fourth-order valence-corrected chi connectivity index (χ4v) is 2.04. The van der Waals surface area contributed by atoms with E-state index in [1.165, 1.54) is 12.4 Å². The quantitative estimate of drug-likeness (QED) is 0.745. The van der Waals surface area contributed by atoms with Gasteiger partial charge in [0.05, 0.1) is 0 Å². The Bertz CT molecular complexity index is 780. The molecule has 3 aromatic rings. The number of carbonyl (C=O) groups excluding carboxylic acids is 1. The highest BCUT2D eigenvalue weighted by atomic mass is 16.1. The van der Waals surface area contributed by atoms with Crippen molar-refractivity contribution in [2.24, 2.45) is 0 Å². The summed E-state index contributed by atoms with van der Waals surface area (Å²) in [5.74, 6) is -0.253. The van der Waals surface area contributed by atoms with Gasteiger partial charge in [0.1, 0.15) is 0 Å². The van der Waals surface area contributed by atoms with Gasteiger partial charge in [-0.15, -0.1) is 0 Å². The van der Waals surface area contributed by atoms with Crippen LogP contribution in [0, 0.1) is 0 Å². The number of anilines is 2. The van der Waals surface area contributed by atoms with E-state index in [1.807, 2.05) is 42.5 Å². The van der Waals surface area contributed by atoms with Gasteiger partial charge in [-0.3, -0.25) is 4.79 Å². The zero-order valence-electron chi connectivity index (χ0n) is 10.6. The minimum atomic E-state index is -0.369. The number of hydrogen-bond acceptors (Lipinski definition) is 4. The summed E-state index contributed by atoms with van der Waals surface area (Å²) in [6.07, 6.45) is 2.89. The minimum Gasteiger partial charge on any atom is -0.382 e. The van der Waals surface area contributed by atoms with Gasteiger partial charge in [-0.25, -0.2) is 9.97 Å². The molecule has 0 spiro atoms. The van der Waals surface area contributed by atoms with Crippen LogP contribution in [0.4, 0.5) is 11.5 Å². The lowest BCUT2D eigenvalue weighted by Gasteiger charge is -2.08. The summed E-state index contributed by atoms with van der Waals surface area (Å²) in [4.78, 5) is 20.0. The number of nitrogen functional groups attached to an aromatic ring is 1. The molecule has 1 aromatic heterocycles. The van der Waals surface area contributed by atoms with Gasteiger partial charge in [-0.05, 0) is 11.5 Å². The Morgan fingerprint density at radius 2 is 1.75 bits per heavy atom. The SMILES string of the molecule is Nc1nccnc1C(=O)Nc1cccc2ccccc12. The van der Waals surface area contributed by atoms with Crippen molar-refractivity contribution >= 4 is 28.2 Å². The van der Waals surface area contributed by atoms with Crippen molar-refractivity contribution in [3.63, 3.8) is 0 Å². The fourth-order valence-electron chi connectivity index (χ4n) is 2.04. The molecule has 0 aliphatic carbocycles. The van der Waals surface area contributed by atoms with E-state index < -0.39 is 0 Å². The fraction of sp³-hybridized carbons (Fsp3) is 0. The summed E-state index contributed by atoms with van der Waals surface area (Å²) >= 11 is 0. The molecule has 0 saturated carbocycles. The van der Waals surface area contributed by atoms with Crippen LogP contribution in [0.25, 0.3) is 10.8 Å². The number of nitrogens with zero attached hydrogens (tertiary/aromatic N) is 2. The van der Waals surface area contributed by atoms with Crippen LogP contribution in [-0.4, -0.2) is 15.9 Å². The van der Waals surface area contributed by atoms with E-state index in [2.05, 4.69) is 15.3 Å². The molecule has 2 aromatic carbocycles. The van der Waals surface area contributed by atoms with Crippen molar-refractivity contribution in [3.05, 3.63) is 60.6 Å². The second kappa shape index (κ2) is 4.97. The van der Waals surface area contributed by atoms with Crippen molar-refractivity contribution in [1.82, 2.24) is 9.97 Å². The summed E-state index contributed by atoms with van der Waals surface area (Å²) in [7, 11) is 0. The molecule has 0 radical (unpaired) electrons. The van der Waals surface area contributed by atoms with E-state index in [9.17, 15) is 4.79 Å². The Morgan fingerprint density at radius 3 is 2.60 bits per heavy atom. The number of benzene rings is 2. The van der Waals surface area contributed by atoms with Crippen LogP contribution in [-0.2, 0) is 0 Å². The monoisotopic (exact) mass is 264 g/mol. The summed E-state index contributed by atoms with van der Waals surface area (Å²) in [6.45, 7) is 0. The van der Waals surface area contributed by atoms with Gasteiger partial charge >= 0.3 is 0 Å². The van der Waals surface area contributed by atoms with Crippen LogP contribution in [0.2, 0.25) is 0 Å². The number of hydrogen-bond donors (Lipinski definition) is 2. The number of nitrogens with one attached hydrogen (secondary N) is 1. The number of rotatable bonds is 2. The lowest BCUT2D eigenvalue weighted by Crippen LogP contribution is -2.16. The normalized spacial score (nSPS) is 10.4. The molecule has 0 atom stereocenters. The second-order valence-electron chi connectivity index (χ2n) is 4.27. The molecule has 1 heterocycles. The van der Waals surface area contributed by atoms with E-state index in [1.54, 1.807) is 0 Å². The maximum Gasteiger partial charge on any atom is 0.278 e. The minimum absolute atomic E-state index is 0.116. The smallest absolute Gasteiger partial charge is 0.278 e. The van der Waals surface area contributed by atoms with Gasteiger partial charge in [0.2, 0.25) is 0 Å². The summed E-state index contributed by atoms with van der Waals surface area (Å²) in [5.41, 5.74) is 6.50. The van der Waals surface area contributed by atoms with Crippen molar-refractivity contribution in [3.8, 4) is 0 Å². The van der Waals surface area contributed by atoms with Crippen LogP contribution in [0.1, 0.15) is 10.5 Å². The Labute approximate surface area is 115 Å². The largest absolute Gasteiger partial charge is 0.382 e. The Morgan fingerprint density at radius 1 is 1.00 bits per heavy atom. The van der Waals surface area contributed by atoms with E-state index in [0.29, 0.717) is 0 Å². The van der Waals surface area contributed by atoms with Crippen molar-refractivity contribution in [1.29, 1.82) is 0 Å². The van der Waals surface area contributed by atoms with Crippen LogP contribution >= 0.6 is 0 Å². The molecular formula is C15H12N4O. The highest BCUT2D eigenvalue weighted by Gasteiger charge is 2.13. The van der Waals surface area contributed by atoms with E-state index in [-0.39, 0.29) is 17.4 Å². The van der Waals surface area contributed by atoms with Gasteiger partial charge in [0.15, 0.2) is 11.5 Å². The third-order valence-corrected chi connectivity index (χ3v) is 2.98. The Hall–Kier alpha value is -2.95. The predicted molar refractivity (Wildman–Crippen MR) is 78.3 cm³/mol. The molecule has 3 rings (SSSR count). The number of carbonyl (C=O) groups is 1. The number of nitrogens with two attached hydrogens (primary N) is 1. The topological polar surface area (TPSA) is 80.9 Å². The molecule has 5 nitrogen and oxygen atoms in total. The first-order chi connectivity index (χ1) is 9.75. The predicted octanol–water partition coefficient (Wildman–Crippen LogP) is 2.46. The highest BCUT2D eigenvalue weighted by Crippen LogP contribution is 2.23. The maximum absolute atomic E-state index is 12.2. The summed E-state index contributed by atoms with van der Waals surface area (Å²) in [5, 5.41) is 4.84. The van der Waals surface area contributed by atoms with Crippen LogP contribution < -0.4 is 11.1 Å². The van der Waals surface area contributed by atoms with E-state index in [0.717, 1.165) is 16.5 Å². The van der Waals surface area contributed by atoms with Crippen molar-refractivity contribution in [2.45, 2.75) is 0 Å². The highest BCUT2D eigenvalue weighted by molar-refractivity contribution is 6.09. The average molecular weight is 264 g/mol. The zero-order chi connectivity index (χ0) is 13.9. The second-order valence-corrected chi connectivity index (χ2v) is 4.27. The van der Waals surface area contributed by atoms with Crippen LogP contribution in [0.5, 0.6) is 0 Å². The molecule has 0 fully saturated rings. The first-order valence-corrected chi connectivity index (χ1v) is 6.11. The average Bonchev–Trinajstić information content (AvgIpc) is 2.48. The molecule has 0 unspecified atom stereocenters. The number of amides is 1. The van der Waals surface area contributed by atoms with Crippen LogP contribution in [0.15, 0.2) is 54.9 Å². The molecule has 3 N–H and O–H groups in total. The van der Waals surface area contributed by atoms with Crippen molar-refractivity contribution < 1.29 is 4.79 Å².